The average molecular weight is 400 g/mol. The monoisotopic (exact) mass is 400 g/mol. The molecule has 0 fully saturated rings. The predicted octanol–water partition coefficient (Wildman–Crippen LogP) is 2.61. The van der Waals surface area contributed by atoms with Gasteiger partial charge < -0.3 is 19.7 Å². The Bertz CT molecular complexity index is 899. The van der Waals surface area contributed by atoms with E-state index in [4.69, 9.17) is 14.6 Å². The van der Waals surface area contributed by atoms with Gasteiger partial charge in [0.2, 0.25) is 6.10 Å². The Morgan fingerprint density at radius 3 is 1.55 bits per heavy atom. The van der Waals surface area contributed by atoms with Crippen molar-refractivity contribution in [3.63, 3.8) is 0 Å². The summed E-state index contributed by atoms with van der Waals surface area (Å²) in [5.41, 5.74) is 1.96. The van der Waals surface area contributed by atoms with Gasteiger partial charge in [0.25, 0.3) is 0 Å². The van der Waals surface area contributed by atoms with Crippen LogP contribution in [0.4, 0.5) is 0 Å². The lowest BCUT2D eigenvalue weighted by atomic mass is 10.1. The summed E-state index contributed by atoms with van der Waals surface area (Å²) in [5, 5.41) is 18.5. The summed E-state index contributed by atoms with van der Waals surface area (Å²) in [6.45, 7) is 3.62. The minimum Gasteiger partial charge on any atom is -0.481 e. The van der Waals surface area contributed by atoms with E-state index in [-0.39, 0.29) is 11.1 Å². The zero-order chi connectivity index (χ0) is 21.6. The third kappa shape index (κ3) is 6.17. The van der Waals surface area contributed by atoms with Gasteiger partial charge in [0.1, 0.15) is 0 Å². The second-order valence-corrected chi connectivity index (χ2v) is 6.44. The third-order valence-corrected chi connectivity index (χ3v) is 4.02. The molecular formula is C21H20O8. The van der Waals surface area contributed by atoms with E-state index in [1.54, 1.807) is 24.3 Å². The molecule has 2 rings (SSSR count). The summed E-state index contributed by atoms with van der Waals surface area (Å²) >= 11 is 0. The third-order valence-electron chi connectivity index (χ3n) is 4.02. The van der Waals surface area contributed by atoms with Gasteiger partial charge in [-0.1, -0.05) is 35.4 Å². The molecule has 29 heavy (non-hydrogen) atoms. The quantitative estimate of drug-likeness (QED) is 0.648. The maximum absolute atomic E-state index is 12.3. The van der Waals surface area contributed by atoms with Gasteiger partial charge in [-0.3, -0.25) is 4.79 Å². The number of hydrogen-bond donors (Lipinski definition) is 2. The fourth-order valence-electron chi connectivity index (χ4n) is 2.44. The van der Waals surface area contributed by atoms with Crippen LogP contribution in [0.2, 0.25) is 0 Å². The highest BCUT2D eigenvalue weighted by molar-refractivity contribution is 5.92. The van der Waals surface area contributed by atoms with E-state index >= 15 is 0 Å². The molecule has 1 unspecified atom stereocenters. The van der Waals surface area contributed by atoms with E-state index in [2.05, 4.69) is 0 Å². The first-order chi connectivity index (χ1) is 13.7. The lowest BCUT2D eigenvalue weighted by molar-refractivity contribution is -0.156. The number of ether oxygens (including phenoxy) is 2. The molecule has 0 saturated heterocycles. The molecule has 8 heteroatoms. The van der Waals surface area contributed by atoms with Crippen LogP contribution in [0.1, 0.15) is 38.3 Å². The molecule has 0 aliphatic heterocycles. The summed E-state index contributed by atoms with van der Waals surface area (Å²) in [7, 11) is 0. The lowest BCUT2D eigenvalue weighted by Gasteiger charge is -2.23. The van der Waals surface area contributed by atoms with Crippen LogP contribution in [0.5, 0.6) is 0 Å². The van der Waals surface area contributed by atoms with Gasteiger partial charge in [0.05, 0.1) is 17.5 Å². The number of carbonyl (C=O) groups is 4. The number of carboxylic acids is 2. The number of carboxylic acid groups (broad SMARTS) is 2. The van der Waals surface area contributed by atoms with Crippen molar-refractivity contribution in [1.82, 2.24) is 0 Å². The Hall–Kier alpha value is -3.68. The molecular weight excluding hydrogens is 380 g/mol. The molecule has 0 aliphatic rings. The molecule has 152 valence electrons. The van der Waals surface area contributed by atoms with E-state index in [0.717, 1.165) is 11.1 Å². The normalized spacial score (nSPS) is 12.5. The second-order valence-electron chi connectivity index (χ2n) is 6.44. The van der Waals surface area contributed by atoms with Crippen LogP contribution in [0.15, 0.2) is 48.5 Å². The van der Waals surface area contributed by atoms with E-state index in [9.17, 15) is 24.3 Å². The predicted molar refractivity (Wildman–Crippen MR) is 101 cm³/mol. The number of aliphatic carboxylic acids is 2. The molecule has 2 N–H and O–H groups in total. The summed E-state index contributed by atoms with van der Waals surface area (Å²) in [6.07, 6.45) is -4.56. The molecule has 0 spiro atoms. The number of hydrogen-bond acceptors (Lipinski definition) is 6. The van der Waals surface area contributed by atoms with Crippen LogP contribution in [-0.2, 0) is 19.1 Å². The minimum absolute atomic E-state index is 0.0841. The van der Waals surface area contributed by atoms with Gasteiger partial charge in [-0.15, -0.1) is 0 Å². The molecule has 0 aromatic heterocycles. The Kier molecular flexibility index (Phi) is 7.08. The zero-order valence-corrected chi connectivity index (χ0v) is 15.8. The van der Waals surface area contributed by atoms with Crippen molar-refractivity contribution in [2.45, 2.75) is 32.5 Å². The van der Waals surface area contributed by atoms with E-state index in [1.807, 2.05) is 13.8 Å². The maximum atomic E-state index is 12.3. The van der Waals surface area contributed by atoms with Gasteiger partial charge in [-0.25, -0.2) is 14.4 Å². The van der Waals surface area contributed by atoms with Gasteiger partial charge in [-0.05, 0) is 38.1 Å². The summed E-state index contributed by atoms with van der Waals surface area (Å²) in [4.78, 5) is 47.4. The average Bonchev–Trinajstić information content (AvgIpc) is 2.65. The van der Waals surface area contributed by atoms with Crippen molar-refractivity contribution in [2.24, 2.45) is 0 Å². The highest BCUT2D eigenvalue weighted by atomic mass is 16.6. The van der Waals surface area contributed by atoms with Crippen LogP contribution in [-0.4, -0.2) is 46.3 Å². The molecule has 0 bridgehead atoms. The van der Waals surface area contributed by atoms with E-state index in [1.165, 1.54) is 24.3 Å². The number of esters is 2. The molecule has 0 amide bonds. The molecule has 0 aliphatic carbocycles. The fourth-order valence-corrected chi connectivity index (χ4v) is 2.44. The molecule has 2 aromatic rings. The Morgan fingerprint density at radius 1 is 0.759 bits per heavy atom. The molecule has 2 atom stereocenters. The summed E-state index contributed by atoms with van der Waals surface area (Å²) in [6, 6.07) is 12.4. The van der Waals surface area contributed by atoms with Crippen molar-refractivity contribution in [3.8, 4) is 0 Å². The van der Waals surface area contributed by atoms with Crippen molar-refractivity contribution >= 4 is 23.9 Å². The second kappa shape index (κ2) is 9.50. The summed E-state index contributed by atoms with van der Waals surface area (Å²) in [5.74, 6) is -4.94. The van der Waals surface area contributed by atoms with Crippen LogP contribution in [0.3, 0.4) is 0 Å². The van der Waals surface area contributed by atoms with Crippen molar-refractivity contribution < 1.29 is 38.9 Å². The lowest BCUT2D eigenvalue weighted by Crippen LogP contribution is -2.42. The van der Waals surface area contributed by atoms with E-state index in [0.29, 0.717) is 0 Å². The fraction of sp³-hybridized carbons (Fsp3) is 0.238. The van der Waals surface area contributed by atoms with Crippen molar-refractivity contribution in [1.29, 1.82) is 0 Å². The first-order valence-corrected chi connectivity index (χ1v) is 8.67. The first kappa shape index (κ1) is 21.6. The maximum Gasteiger partial charge on any atom is 0.349 e. The Balaban J connectivity index is 2.22. The number of aryl methyl sites for hydroxylation is 2. The Labute approximate surface area is 166 Å². The van der Waals surface area contributed by atoms with Crippen molar-refractivity contribution in [2.75, 3.05) is 0 Å². The van der Waals surface area contributed by atoms with Crippen LogP contribution >= 0.6 is 0 Å². The van der Waals surface area contributed by atoms with Crippen LogP contribution in [0.25, 0.3) is 0 Å². The summed E-state index contributed by atoms with van der Waals surface area (Å²) < 4.78 is 10.1. The number of rotatable bonds is 8. The first-order valence-electron chi connectivity index (χ1n) is 8.67. The van der Waals surface area contributed by atoms with Gasteiger partial charge in [-0.2, -0.15) is 0 Å². The zero-order valence-electron chi connectivity index (χ0n) is 15.8. The molecule has 8 nitrogen and oxygen atoms in total. The highest BCUT2D eigenvalue weighted by Gasteiger charge is 2.37. The van der Waals surface area contributed by atoms with Crippen LogP contribution in [0, 0.1) is 13.8 Å². The standard InChI is InChI=1S/C21H20O8/c1-12-3-7-14(8-4-12)20(26)28-16(11-17(22)23)18(19(24)25)29-21(27)15-9-5-13(2)6-10-15/h3-10,16,18H,11H2,1-2H3,(H,22,23)(H,24,25)/t16?,18-/m1/s1. The topological polar surface area (TPSA) is 127 Å². The van der Waals surface area contributed by atoms with Gasteiger partial charge in [0, 0.05) is 0 Å². The van der Waals surface area contributed by atoms with Crippen LogP contribution < -0.4 is 0 Å². The van der Waals surface area contributed by atoms with Gasteiger partial charge >= 0.3 is 23.9 Å². The Morgan fingerprint density at radius 2 is 1.17 bits per heavy atom. The van der Waals surface area contributed by atoms with Gasteiger partial charge in [0.15, 0.2) is 6.10 Å². The smallest absolute Gasteiger partial charge is 0.349 e. The molecule has 0 heterocycles. The minimum atomic E-state index is -1.99. The highest BCUT2D eigenvalue weighted by Crippen LogP contribution is 2.16. The molecule has 0 saturated carbocycles. The van der Waals surface area contributed by atoms with Crippen molar-refractivity contribution in [3.05, 3.63) is 70.8 Å². The van der Waals surface area contributed by atoms with E-state index < -0.39 is 42.5 Å². The molecule has 0 radical (unpaired) electrons. The number of carbonyl (C=O) groups excluding carboxylic acids is 2. The molecule has 2 aromatic carbocycles. The number of benzene rings is 2. The largest absolute Gasteiger partial charge is 0.481 e. The SMILES string of the molecule is Cc1ccc(C(=O)OC(CC(=O)O)[C@@H](OC(=O)c2ccc(C)cc2)C(=O)O)cc1.